The summed E-state index contributed by atoms with van der Waals surface area (Å²) in [5.74, 6) is 0.0804. The van der Waals surface area contributed by atoms with E-state index in [0.717, 1.165) is 28.4 Å². The van der Waals surface area contributed by atoms with Gasteiger partial charge in [0.1, 0.15) is 5.82 Å². The second-order valence-electron chi connectivity index (χ2n) is 3.55. The van der Waals surface area contributed by atoms with Crippen LogP contribution in [0.5, 0.6) is 0 Å². The third-order valence-corrected chi connectivity index (χ3v) is 3.17. The number of fused-ring (bicyclic) bond motifs is 1. The molecule has 0 saturated heterocycles. The summed E-state index contributed by atoms with van der Waals surface area (Å²) in [7, 11) is 0. The van der Waals surface area contributed by atoms with Gasteiger partial charge < -0.3 is 0 Å². The van der Waals surface area contributed by atoms with Gasteiger partial charge in [-0.15, -0.1) is 0 Å². The zero-order valence-electron chi connectivity index (χ0n) is 7.56. The van der Waals surface area contributed by atoms with Crippen molar-refractivity contribution in [2.75, 3.05) is 0 Å². The summed E-state index contributed by atoms with van der Waals surface area (Å²) >= 11 is 3.27. The van der Waals surface area contributed by atoms with Crippen molar-refractivity contribution in [3.8, 4) is 6.07 Å². The van der Waals surface area contributed by atoms with Crippen LogP contribution in [0.25, 0.3) is 0 Å². The Labute approximate surface area is 90.7 Å². The molecular weight excluding hydrogens is 245 g/mol. The van der Waals surface area contributed by atoms with Gasteiger partial charge in [0.25, 0.3) is 0 Å². The lowest BCUT2D eigenvalue weighted by atomic mass is 9.99. The minimum absolute atomic E-state index is 0.144. The predicted molar refractivity (Wildman–Crippen MR) is 55.4 cm³/mol. The van der Waals surface area contributed by atoms with Crippen molar-refractivity contribution >= 4 is 15.9 Å². The van der Waals surface area contributed by atoms with Gasteiger partial charge in [-0.05, 0) is 42.0 Å². The second-order valence-corrected chi connectivity index (χ2v) is 4.47. The Bertz CT molecular complexity index is 408. The number of hydrogen-bond donors (Lipinski definition) is 0. The van der Waals surface area contributed by atoms with Gasteiger partial charge in [-0.2, -0.15) is 5.26 Å². The second kappa shape index (κ2) is 3.70. The van der Waals surface area contributed by atoms with Gasteiger partial charge in [-0.1, -0.05) is 15.9 Å². The Morgan fingerprint density at radius 2 is 2.36 bits per heavy atom. The number of nitrogens with zero attached hydrogens (tertiary/aromatic N) is 1. The van der Waals surface area contributed by atoms with E-state index in [1.807, 2.05) is 6.07 Å². The molecule has 1 nitrogen and oxygen atoms in total. The molecular formula is C11H9BrFN. The molecule has 1 aliphatic rings. The van der Waals surface area contributed by atoms with Crippen LogP contribution in [0, 0.1) is 17.1 Å². The Morgan fingerprint density at radius 1 is 1.57 bits per heavy atom. The van der Waals surface area contributed by atoms with E-state index in [1.165, 1.54) is 6.07 Å². The number of benzene rings is 1. The first-order valence-electron chi connectivity index (χ1n) is 4.57. The molecule has 0 spiro atoms. The van der Waals surface area contributed by atoms with E-state index >= 15 is 0 Å². The van der Waals surface area contributed by atoms with E-state index < -0.39 is 0 Å². The van der Waals surface area contributed by atoms with E-state index in [-0.39, 0.29) is 11.7 Å². The number of nitriles is 1. The molecule has 0 N–H and O–H groups in total. The zero-order chi connectivity index (χ0) is 10.1. The number of rotatable bonds is 1. The van der Waals surface area contributed by atoms with E-state index in [1.54, 1.807) is 0 Å². The van der Waals surface area contributed by atoms with E-state index in [0.29, 0.717) is 6.42 Å². The van der Waals surface area contributed by atoms with Crippen LogP contribution in [0.15, 0.2) is 16.6 Å². The maximum absolute atomic E-state index is 13.5. The van der Waals surface area contributed by atoms with Crippen LogP contribution in [-0.4, -0.2) is 0 Å². The summed E-state index contributed by atoms with van der Waals surface area (Å²) in [5.41, 5.74) is 1.81. The fraction of sp³-hybridized carbons (Fsp3) is 0.364. The molecule has 0 aromatic heterocycles. The normalized spacial score (nSPS) is 19.1. The molecule has 14 heavy (non-hydrogen) atoms. The Kier molecular flexibility index (Phi) is 2.56. The van der Waals surface area contributed by atoms with Crippen LogP contribution in [-0.2, 0) is 6.42 Å². The summed E-state index contributed by atoms with van der Waals surface area (Å²) in [4.78, 5) is 0. The Hall–Kier alpha value is -0.880. The molecule has 3 heteroatoms. The number of hydrogen-bond acceptors (Lipinski definition) is 1. The van der Waals surface area contributed by atoms with Gasteiger partial charge >= 0.3 is 0 Å². The van der Waals surface area contributed by atoms with Gasteiger partial charge in [0.05, 0.1) is 6.07 Å². The van der Waals surface area contributed by atoms with Gasteiger partial charge in [-0.3, -0.25) is 0 Å². The average Bonchev–Trinajstić information content (AvgIpc) is 2.49. The third-order valence-electron chi connectivity index (χ3n) is 2.72. The predicted octanol–water partition coefficient (Wildman–Crippen LogP) is 3.53. The standard InChI is InChI=1S/C11H9BrFN/c12-8-5-10-7(3-4-14)1-2-9(10)11(13)6-8/h5-7H,1-3H2. The molecule has 0 bridgehead atoms. The maximum Gasteiger partial charge on any atom is 0.127 e. The summed E-state index contributed by atoms with van der Waals surface area (Å²) in [6.45, 7) is 0. The van der Waals surface area contributed by atoms with Gasteiger partial charge in [0.2, 0.25) is 0 Å². The first kappa shape index (κ1) is 9.67. The molecule has 72 valence electrons. The van der Waals surface area contributed by atoms with Crippen molar-refractivity contribution in [3.05, 3.63) is 33.5 Å². The third kappa shape index (κ3) is 1.55. The molecule has 0 aliphatic heterocycles. The SMILES string of the molecule is N#CCC1CCc2c(F)cc(Br)cc21. The molecule has 2 rings (SSSR count). The molecule has 1 aromatic carbocycles. The molecule has 0 heterocycles. The quantitative estimate of drug-likeness (QED) is 0.752. The molecule has 0 fully saturated rings. The van der Waals surface area contributed by atoms with Crippen LogP contribution in [0.2, 0.25) is 0 Å². The fourth-order valence-electron chi connectivity index (χ4n) is 2.05. The average molecular weight is 254 g/mol. The van der Waals surface area contributed by atoms with Crippen molar-refractivity contribution < 1.29 is 4.39 Å². The van der Waals surface area contributed by atoms with E-state index in [2.05, 4.69) is 22.0 Å². The topological polar surface area (TPSA) is 23.8 Å². The molecule has 1 unspecified atom stereocenters. The zero-order valence-corrected chi connectivity index (χ0v) is 9.14. The smallest absolute Gasteiger partial charge is 0.127 e. The molecule has 0 amide bonds. The highest BCUT2D eigenvalue weighted by Gasteiger charge is 2.25. The molecule has 1 aliphatic carbocycles. The summed E-state index contributed by atoms with van der Waals surface area (Å²) in [6, 6.07) is 5.58. The molecule has 0 saturated carbocycles. The minimum atomic E-state index is -0.144. The fourth-order valence-corrected chi connectivity index (χ4v) is 2.50. The summed E-state index contributed by atoms with van der Waals surface area (Å²) in [5, 5.41) is 8.64. The van der Waals surface area contributed by atoms with Gasteiger partial charge in [0, 0.05) is 10.9 Å². The molecule has 0 radical (unpaired) electrons. The van der Waals surface area contributed by atoms with Crippen LogP contribution < -0.4 is 0 Å². The lowest BCUT2D eigenvalue weighted by Crippen LogP contribution is -1.93. The molecule has 1 aromatic rings. The lowest BCUT2D eigenvalue weighted by molar-refractivity contribution is 0.611. The highest BCUT2D eigenvalue weighted by molar-refractivity contribution is 9.10. The summed E-state index contributed by atoms with van der Waals surface area (Å²) < 4.78 is 14.2. The van der Waals surface area contributed by atoms with Gasteiger partial charge in [-0.25, -0.2) is 4.39 Å². The minimum Gasteiger partial charge on any atom is -0.207 e. The van der Waals surface area contributed by atoms with E-state index in [4.69, 9.17) is 5.26 Å². The van der Waals surface area contributed by atoms with Crippen LogP contribution in [0.3, 0.4) is 0 Å². The van der Waals surface area contributed by atoms with Crippen molar-refractivity contribution in [3.63, 3.8) is 0 Å². The Morgan fingerprint density at radius 3 is 3.07 bits per heavy atom. The maximum atomic E-state index is 13.5. The largest absolute Gasteiger partial charge is 0.207 e. The van der Waals surface area contributed by atoms with Gasteiger partial charge in [0.15, 0.2) is 0 Å². The highest BCUT2D eigenvalue weighted by Crippen LogP contribution is 2.38. The lowest BCUT2D eigenvalue weighted by Gasteiger charge is -2.07. The van der Waals surface area contributed by atoms with Crippen LogP contribution in [0.1, 0.15) is 29.9 Å². The summed E-state index contributed by atoms with van der Waals surface area (Å²) in [6.07, 6.45) is 2.15. The van der Waals surface area contributed by atoms with E-state index in [9.17, 15) is 4.39 Å². The first-order chi connectivity index (χ1) is 6.72. The molecule has 1 atom stereocenters. The van der Waals surface area contributed by atoms with Crippen molar-refractivity contribution in [1.29, 1.82) is 5.26 Å². The monoisotopic (exact) mass is 253 g/mol. The first-order valence-corrected chi connectivity index (χ1v) is 5.36. The van der Waals surface area contributed by atoms with Crippen LogP contribution >= 0.6 is 15.9 Å². The van der Waals surface area contributed by atoms with Crippen molar-refractivity contribution in [2.45, 2.75) is 25.2 Å². The Balaban J connectivity index is 2.45. The van der Waals surface area contributed by atoms with Crippen molar-refractivity contribution in [1.82, 2.24) is 0 Å². The number of halogens is 2. The van der Waals surface area contributed by atoms with Crippen LogP contribution in [0.4, 0.5) is 4.39 Å². The highest BCUT2D eigenvalue weighted by atomic mass is 79.9. The van der Waals surface area contributed by atoms with Crippen molar-refractivity contribution in [2.24, 2.45) is 0 Å².